The van der Waals surface area contributed by atoms with E-state index in [1.807, 2.05) is 0 Å². The summed E-state index contributed by atoms with van der Waals surface area (Å²) in [6.45, 7) is 2.72. The van der Waals surface area contributed by atoms with E-state index >= 15 is 0 Å². The largest absolute Gasteiger partial charge is 0.348 e. The Hall–Kier alpha value is -2.38. The van der Waals surface area contributed by atoms with Crippen molar-refractivity contribution in [3.8, 4) is 0 Å². The number of hydrogen-bond acceptors (Lipinski definition) is 4. The van der Waals surface area contributed by atoms with Gasteiger partial charge in [-0.1, -0.05) is 19.8 Å². The predicted octanol–water partition coefficient (Wildman–Crippen LogP) is 0.540. The molecule has 114 valence electrons. The zero-order valence-corrected chi connectivity index (χ0v) is 12.6. The molecule has 2 aromatic rings. The van der Waals surface area contributed by atoms with Gasteiger partial charge in [0.25, 0.3) is 5.56 Å². The number of aromatic amines is 1. The highest BCUT2D eigenvalue weighted by Crippen LogP contribution is 2.04. The summed E-state index contributed by atoms with van der Waals surface area (Å²) in [5.74, 6) is -0.0364. The summed E-state index contributed by atoms with van der Waals surface area (Å²) < 4.78 is 2.77. The maximum atomic E-state index is 12.4. The van der Waals surface area contributed by atoms with Crippen LogP contribution in [0.3, 0.4) is 0 Å². The average Bonchev–Trinajstić information content (AvgIpc) is 2.92. The van der Waals surface area contributed by atoms with Crippen LogP contribution in [0, 0.1) is 10.8 Å². The van der Waals surface area contributed by atoms with Crippen LogP contribution in [0.4, 0.5) is 0 Å². The highest BCUT2D eigenvalue weighted by Gasteiger charge is 2.16. The van der Waals surface area contributed by atoms with Gasteiger partial charge in [-0.15, -0.1) is 0 Å². The molecule has 8 nitrogen and oxygen atoms in total. The summed E-state index contributed by atoms with van der Waals surface area (Å²) in [7, 11) is 3.35. The van der Waals surface area contributed by atoms with Crippen molar-refractivity contribution in [3.05, 3.63) is 22.3 Å². The minimum absolute atomic E-state index is 0.0191. The summed E-state index contributed by atoms with van der Waals surface area (Å²) >= 11 is 0. The van der Waals surface area contributed by atoms with Crippen molar-refractivity contribution in [2.24, 2.45) is 0 Å². The molecule has 2 aromatic heterocycles. The van der Waals surface area contributed by atoms with Crippen molar-refractivity contribution in [3.63, 3.8) is 0 Å². The van der Waals surface area contributed by atoms with Gasteiger partial charge in [0, 0.05) is 20.6 Å². The maximum absolute atomic E-state index is 12.4. The third-order valence-electron chi connectivity index (χ3n) is 3.38. The van der Waals surface area contributed by atoms with Gasteiger partial charge in [0.05, 0.1) is 6.33 Å². The molecule has 0 aromatic carbocycles. The number of H-pyrrole nitrogens is 1. The summed E-state index contributed by atoms with van der Waals surface area (Å²) in [5, 5.41) is 16.3. The summed E-state index contributed by atoms with van der Waals surface area (Å²) in [6.07, 6.45) is 4.47. The molecule has 0 aliphatic rings. The van der Waals surface area contributed by atoms with Crippen LogP contribution in [0.1, 0.15) is 26.2 Å². The van der Waals surface area contributed by atoms with Crippen LogP contribution in [-0.2, 0) is 6.54 Å². The van der Waals surface area contributed by atoms with Crippen molar-refractivity contribution in [2.45, 2.75) is 32.7 Å². The lowest BCUT2D eigenvalue weighted by molar-refractivity contribution is 0.537. The molecule has 0 unspecified atom stereocenters. The Morgan fingerprint density at radius 3 is 2.76 bits per heavy atom. The number of nitrogens with one attached hydrogen (secondary N) is 3. The molecule has 0 bridgehead atoms. The normalized spacial score (nSPS) is 11.0. The monoisotopic (exact) mass is 291 g/mol. The number of imidazole rings is 1. The number of hydrogen-bond donors (Lipinski definition) is 3. The van der Waals surface area contributed by atoms with E-state index in [2.05, 4.69) is 16.9 Å². The number of unbranched alkanes of at least 4 members (excludes halogenated alkanes) is 2. The molecular weight excluding hydrogens is 270 g/mol. The average molecular weight is 291 g/mol. The van der Waals surface area contributed by atoms with Crippen molar-refractivity contribution < 1.29 is 0 Å². The zero-order valence-electron chi connectivity index (χ0n) is 12.6. The van der Waals surface area contributed by atoms with E-state index < -0.39 is 5.56 Å². The first-order valence-electron chi connectivity index (χ1n) is 6.98. The molecule has 0 spiro atoms. The van der Waals surface area contributed by atoms with E-state index in [0.29, 0.717) is 17.7 Å². The quantitative estimate of drug-likeness (QED) is 0.435. The molecule has 2 heterocycles. The molecule has 0 radical (unpaired) electrons. The SMILES string of the molecule is CCCCCn1c(=N)n(C(=N)N(C)C)c(=O)c2[nH]cnc21. The van der Waals surface area contributed by atoms with Crippen molar-refractivity contribution in [2.75, 3.05) is 14.1 Å². The second kappa shape index (κ2) is 5.94. The van der Waals surface area contributed by atoms with Gasteiger partial charge in [0.1, 0.15) is 5.52 Å². The van der Waals surface area contributed by atoms with Crippen molar-refractivity contribution >= 4 is 17.1 Å². The molecule has 0 aliphatic carbocycles. The van der Waals surface area contributed by atoms with Crippen LogP contribution < -0.4 is 11.2 Å². The number of nitrogens with zero attached hydrogens (tertiary/aromatic N) is 4. The van der Waals surface area contributed by atoms with Crippen LogP contribution in [-0.4, -0.2) is 44.1 Å². The van der Waals surface area contributed by atoms with Gasteiger partial charge in [0.2, 0.25) is 11.6 Å². The van der Waals surface area contributed by atoms with Crippen LogP contribution in [0.15, 0.2) is 11.1 Å². The minimum atomic E-state index is -0.419. The zero-order chi connectivity index (χ0) is 15.6. The predicted molar refractivity (Wildman–Crippen MR) is 80.5 cm³/mol. The molecule has 0 atom stereocenters. The molecule has 0 aliphatic heterocycles. The summed E-state index contributed by atoms with van der Waals surface area (Å²) in [4.78, 5) is 20.9. The second-order valence-electron chi connectivity index (χ2n) is 5.14. The highest BCUT2D eigenvalue weighted by atomic mass is 16.1. The Morgan fingerprint density at radius 1 is 1.43 bits per heavy atom. The molecule has 0 saturated heterocycles. The molecule has 0 fully saturated rings. The number of aromatic nitrogens is 4. The van der Waals surface area contributed by atoms with Gasteiger partial charge < -0.3 is 9.88 Å². The fourth-order valence-electron chi connectivity index (χ4n) is 2.21. The van der Waals surface area contributed by atoms with Gasteiger partial charge in [-0.25, -0.2) is 9.55 Å². The lowest BCUT2D eigenvalue weighted by Crippen LogP contribution is -2.48. The highest BCUT2D eigenvalue weighted by molar-refractivity contribution is 5.81. The first-order valence-corrected chi connectivity index (χ1v) is 6.98. The van der Waals surface area contributed by atoms with Crippen LogP contribution >= 0.6 is 0 Å². The lowest BCUT2D eigenvalue weighted by Gasteiger charge is -2.18. The summed E-state index contributed by atoms with van der Waals surface area (Å²) in [5.41, 5.74) is 0.366. The Labute approximate surface area is 122 Å². The van der Waals surface area contributed by atoms with Gasteiger partial charge >= 0.3 is 0 Å². The molecule has 21 heavy (non-hydrogen) atoms. The third-order valence-corrected chi connectivity index (χ3v) is 3.38. The van der Waals surface area contributed by atoms with E-state index in [1.165, 1.54) is 11.2 Å². The lowest BCUT2D eigenvalue weighted by atomic mass is 10.2. The molecule has 3 N–H and O–H groups in total. The van der Waals surface area contributed by atoms with Gasteiger partial charge in [-0.2, -0.15) is 0 Å². The smallest absolute Gasteiger partial charge is 0.287 e. The minimum Gasteiger partial charge on any atom is -0.348 e. The number of aryl methyl sites for hydroxylation is 1. The number of fused-ring (bicyclic) bond motifs is 1. The Kier molecular flexibility index (Phi) is 4.25. The molecule has 8 heteroatoms. The van der Waals surface area contributed by atoms with Gasteiger partial charge in [-0.3, -0.25) is 20.2 Å². The van der Waals surface area contributed by atoms with Gasteiger partial charge in [-0.05, 0) is 6.42 Å². The van der Waals surface area contributed by atoms with Crippen molar-refractivity contribution in [1.82, 2.24) is 24.0 Å². The third kappa shape index (κ3) is 2.61. The Bertz CT molecular complexity index is 765. The Morgan fingerprint density at radius 2 is 2.14 bits per heavy atom. The fraction of sp³-hybridized carbons (Fsp3) is 0.538. The maximum Gasteiger partial charge on any atom is 0.287 e. The van der Waals surface area contributed by atoms with Crippen LogP contribution in [0.5, 0.6) is 0 Å². The molecule has 0 amide bonds. The molecular formula is C13H21N7O. The van der Waals surface area contributed by atoms with Gasteiger partial charge in [0.15, 0.2) is 5.65 Å². The Balaban J connectivity index is 2.67. The standard InChI is InChI=1S/C13H21N7O/c1-4-5-6-7-19-10-9(16-8-17-10)11(21)20(13(19)15)12(14)18(2)3/h8,14-15H,4-7H2,1-3H3,(H,16,17). The van der Waals surface area contributed by atoms with Crippen LogP contribution in [0.25, 0.3) is 11.2 Å². The fourth-order valence-corrected chi connectivity index (χ4v) is 2.21. The van der Waals surface area contributed by atoms with Crippen LogP contribution in [0.2, 0.25) is 0 Å². The summed E-state index contributed by atoms with van der Waals surface area (Å²) in [6, 6.07) is 0. The van der Waals surface area contributed by atoms with E-state index in [-0.39, 0.29) is 11.6 Å². The van der Waals surface area contributed by atoms with E-state index in [4.69, 9.17) is 10.8 Å². The first-order chi connectivity index (χ1) is 9.99. The number of rotatable bonds is 4. The topological polar surface area (TPSA) is 107 Å². The van der Waals surface area contributed by atoms with E-state index in [0.717, 1.165) is 23.8 Å². The first kappa shape index (κ1) is 15.0. The second-order valence-corrected chi connectivity index (χ2v) is 5.14. The van der Waals surface area contributed by atoms with E-state index in [9.17, 15) is 4.79 Å². The molecule has 0 saturated carbocycles. The van der Waals surface area contributed by atoms with E-state index in [1.54, 1.807) is 18.7 Å². The van der Waals surface area contributed by atoms with Crippen molar-refractivity contribution in [1.29, 1.82) is 10.8 Å². The molecule has 2 rings (SSSR count).